The highest BCUT2D eigenvalue weighted by Gasteiger charge is 2.51. The van der Waals surface area contributed by atoms with E-state index >= 15 is 0 Å². The van der Waals surface area contributed by atoms with Crippen LogP contribution in [0.3, 0.4) is 0 Å². The molecule has 0 saturated heterocycles. The summed E-state index contributed by atoms with van der Waals surface area (Å²) in [6.45, 7) is 0. The van der Waals surface area contributed by atoms with Gasteiger partial charge in [-0.15, -0.1) is 0 Å². The maximum Gasteiger partial charge on any atom is 0.416 e. The number of fused-ring (bicyclic) bond motifs is 1. The van der Waals surface area contributed by atoms with Crippen LogP contribution in [-0.4, -0.2) is 16.0 Å². The van der Waals surface area contributed by atoms with Gasteiger partial charge in [-0.1, -0.05) is 18.2 Å². The number of anilines is 1. The van der Waals surface area contributed by atoms with Crippen molar-refractivity contribution in [1.29, 1.82) is 0 Å². The highest BCUT2D eigenvalue weighted by molar-refractivity contribution is 6.07. The first-order valence-electron chi connectivity index (χ1n) is 6.00. The number of aliphatic hydroxyl groups is 1. The number of carbonyl (C=O) groups excluding carboxylic acids is 1. The van der Waals surface area contributed by atoms with E-state index < -0.39 is 28.8 Å². The van der Waals surface area contributed by atoms with Crippen molar-refractivity contribution in [3.05, 3.63) is 59.4 Å². The fraction of sp³-hybridized carbons (Fsp3) is 0.143. The van der Waals surface area contributed by atoms with Crippen molar-refractivity contribution in [3.63, 3.8) is 0 Å². The Kier molecular flexibility index (Phi) is 2.77. The molecule has 108 valence electrons. The van der Waals surface area contributed by atoms with E-state index in [9.17, 15) is 23.1 Å². The van der Waals surface area contributed by atoms with Crippen LogP contribution < -0.4 is 5.32 Å². The van der Waals surface area contributed by atoms with Gasteiger partial charge >= 0.3 is 6.18 Å². The molecule has 1 aliphatic rings. The van der Waals surface area contributed by atoms with E-state index in [2.05, 4.69) is 10.3 Å². The molecule has 1 aromatic heterocycles. The number of alkyl halides is 3. The van der Waals surface area contributed by atoms with Gasteiger partial charge in [-0.25, -0.2) is 0 Å². The number of hydrogen-bond acceptors (Lipinski definition) is 3. The lowest BCUT2D eigenvalue weighted by molar-refractivity contribution is -0.142. The molecule has 1 unspecified atom stereocenters. The first kappa shape index (κ1) is 13.6. The summed E-state index contributed by atoms with van der Waals surface area (Å²) < 4.78 is 39.3. The summed E-state index contributed by atoms with van der Waals surface area (Å²) in [7, 11) is 0. The van der Waals surface area contributed by atoms with E-state index in [1.54, 1.807) is 6.07 Å². The van der Waals surface area contributed by atoms with E-state index in [1.165, 1.54) is 18.2 Å². The first-order chi connectivity index (χ1) is 9.85. The monoisotopic (exact) mass is 294 g/mol. The van der Waals surface area contributed by atoms with Crippen molar-refractivity contribution in [2.75, 3.05) is 5.32 Å². The van der Waals surface area contributed by atoms with Crippen LogP contribution in [0.15, 0.2) is 42.7 Å². The number of nitrogens with zero attached hydrogens (tertiary/aromatic N) is 1. The number of rotatable bonds is 1. The van der Waals surface area contributed by atoms with Gasteiger partial charge in [0.2, 0.25) is 0 Å². The molecule has 1 aliphatic heterocycles. The van der Waals surface area contributed by atoms with E-state index in [-0.39, 0.29) is 11.3 Å². The highest BCUT2D eigenvalue weighted by atomic mass is 19.4. The van der Waals surface area contributed by atoms with Crippen LogP contribution in [-0.2, 0) is 16.6 Å². The highest BCUT2D eigenvalue weighted by Crippen LogP contribution is 2.44. The summed E-state index contributed by atoms with van der Waals surface area (Å²) in [6, 6.07) is 6.79. The topological polar surface area (TPSA) is 62.2 Å². The van der Waals surface area contributed by atoms with Crippen molar-refractivity contribution >= 4 is 11.6 Å². The number of amides is 1. The molecule has 7 heteroatoms. The third-order valence-corrected chi connectivity index (χ3v) is 3.41. The Labute approximate surface area is 117 Å². The van der Waals surface area contributed by atoms with Crippen LogP contribution in [0.2, 0.25) is 0 Å². The first-order valence-corrected chi connectivity index (χ1v) is 6.00. The van der Waals surface area contributed by atoms with Crippen LogP contribution in [0.4, 0.5) is 18.9 Å². The van der Waals surface area contributed by atoms with Crippen LogP contribution in [0.5, 0.6) is 0 Å². The van der Waals surface area contributed by atoms with Gasteiger partial charge < -0.3 is 10.4 Å². The molecule has 0 aliphatic carbocycles. The largest absolute Gasteiger partial charge is 0.416 e. The number of nitrogens with one attached hydrogen (secondary N) is 1. The van der Waals surface area contributed by atoms with Gasteiger partial charge in [0.05, 0.1) is 5.56 Å². The van der Waals surface area contributed by atoms with E-state index in [0.717, 1.165) is 18.5 Å². The number of benzene rings is 1. The van der Waals surface area contributed by atoms with E-state index in [4.69, 9.17) is 0 Å². The van der Waals surface area contributed by atoms with Crippen molar-refractivity contribution in [1.82, 2.24) is 4.98 Å². The molecule has 0 radical (unpaired) electrons. The van der Waals surface area contributed by atoms with Crippen LogP contribution in [0.25, 0.3) is 0 Å². The Morgan fingerprint density at radius 1 is 1.14 bits per heavy atom. The fourth-order valence-electron chi connectivity index (χ4n) is 2.44. The number of halogens is 3. The molecule has 2 N–H and O–H groups in total. The summed E-state index contributed by atoms with van der Waals surface area (Å²) in [5.74, 6) is -0.929. The zero-order valence-corrected chi connectivity index (χ0v) is 10.5. The third-order valence-electron chi connectivity index (χ3n) is 3.41. The lowest BCUT2D eigenvalue weighted by atomic mass is 9.85. The Hall–Kier alpha value is -2.41. The molecule has 1 atom stereocenters. The smallest absolute Gasteiger partial charge is 0.372 e. The lowest BCUT2D eigenvalue weighted by Crippen LogP contribution is -2.37. The minimum atomic E-state index is -4.70. The maximum atomic E-state index is 13.1. The van der Waals surface area contributed by atoms with Gasteiger partial charge in [-0.05, 0) is 12.1 Å². The van der Waals surface area contributed by atoms with E-state index in [0.29, 0.717) is 0 Å². The molecule has 1 amide bonds. The SMILES string of the molecule is O=C1Nc2ccccc2C1(O)c1cnccc1C(F)(F)F. The number of aromatic nitrogens is 1. The number of hydrogen-bond donors (Lipinski definition) is 2. The molecular weight excluding hydrogens is 285 g/mol. The van der Waals surface area contributed by atoms with Crippen LogP contribution >= 0.6 is 0 Å². The zero-order chi connectivity index (χ0) is 15.3. The van der Waals surface area contributed by atoms with Crippen molar-refractivity contribution in [3.8, 4) is 0 Å². The predicted molar refractivity (Wildman–Crippen MR) is 67.3 cm³/mol. The van der Waals surface area contributed by atoms with Crippen molar-refractivity contribution in [2.24, 2.45) is 0 Å². The number of pyridine rings is 1. The molecule has 2 aromatic rings. The van der Waals surface area contributed by atoms with Crippen LogP contribution in [0, 0.1) is 0 Å². The normalized spacial score (nSPS) is 21.0. The van der Waals surface area contributed by atoms with Gasteiger partial charge in [0.25, 0.3) is 5.91 Å². The van der Waals surface area contributed by atoms with Gasteiger partial charge in [-0.3, -0.25) is 9.78 Å². The fourth-order valence-corrected chi connectivity index (χ4v) is 2.44. The van der Waals surface area contributed by atoms with Gasteiger partial charge in [0, 0.05) is 29.2 Å². The summed E-state index contributed by atoms with van der Waals surface area (Å²) in [6.07, 6.45) is -2.87. The molecule has 0 saturated carbocycles. The Morgan fingerprint density at radius 2 is 1.86 bits per heavy atom. The molecule has 0 spiro atoms. The quantitative estimate of drug-likeness (QED) is 0.848. The molecule has 4 nitrogen and oxygen atoms in total. The second-order valence-corrected chi connectivity index (χ2v) is 4.63. The average molecular weight is 294 g/mol. The Bertz CT molecular complexity index is 730. The molecule has 0 bridgehead atoms. The predicted octanol–water partition coefficient (Wildman–Crippen LogP) is 2.29. The summed E-state index contributed by atoms with van der Waals surface area (Å²) in [5, 5.41) is 13.1. The third kappa shape index (κ3) is 1.89. The standard InChI is InChI=1S/C14H9F3N2O2/c15-14(16,17)8-5-6-18-7-10(8)13(21)9-3-1-2-4-11(9)19-12(13)20/h1-7,21H,(H,19,20). The Morgan fingerprint density at radius 3 is 2.57 bits per heavy atom. The van der Waals surface area contributed by atoms with E-state index in [1.807, 2.05) is 0 Å². The summed E-state index contributed by atoms with van der Waals surface area (Å²) in [4.78, 5) is 15.7. The van der Waals surface area contributed by atoms with Gasteiger partial charge in [0.1, 0.15) is 0 Å². The minimum Gasteiger partial charge on any atom is -0.372 e. The second-order valence-electron chi connectivity index (χ2n) is 4.63. The molecule has 3 rings (SSSR count). The van der Waals surface area contributed by atoms with Crippen molar-refractivity contribution < 1.29 is 23.1 Å². The van der Waals surface area contributed by atoms with Crippen molar-refractivity contribution in [2.45, 2.75) is 11.8 Å². The molecule has 1 aromatic carbocycles. The van der Waals surface area contributed by atoms with Crippen LogP contribution in [0.1, 0.15) is 16.7 Å². The molecule has 2 heterocycles. The Balaban J connectivity index is 2.28. The summed E-state index contributed by atoms with van der Waals surface area (Å²) >= 11 is 0. The second kappa shape index (κ2) is 4.29. The van der Waals surface area contributed by atoms with Gasteiger partial charge in [0.15, 0.2) is 5.60 Å². The maximum absolute atomic E-state index is 13.1. The lowest BCUT2D eigenvalue weighted by Gasteiger charge is -2.24. The number of carbonyl (C=O) groups is 1. The minimum absolute atomic E-state index is 0.0773. The van der Waals surface area contributed by atoms with Gasteiger partial charge in [-0.2, -0.15) is 13.2 Å². The molecule has 0 fully saturated rings. The molecule has 21 heavy (non-hydrogen) atoms. The number of para-hydroxylation sites is 1. The summed E-state index contributed by atoms with van der Waals surface area (Å²) in [5.41, 5.74) is -3.72. The molecular formula is C14H9F3N2O2. The average Bonchev–Trinajstić information content (AvgIpc) is 2.71. The zero-order valence-electron chi connectivity index (χ0n) is 10.5.